The highest BCUT2D eigenvalue weighted by Gasteiger charge is 2.19. The number of nitrogens with one attached hydrogen (secondary N) is 2. The molecule has 1 fully saturated rings. The van der Waals surface area contributed by atoms with Crippen LogP contribution in [0, 0.1) is 6.92 Å². The first-order chi connectivity index (χ1) is 9.90. The van der Waals surface area contributed by atoms with Crippen molar-refractivity contribution in [1.29, 1.82) is 0 Å². The lowest BCUT2D eigenvalue weighted by molar-refractivity contribution is 0.0999. The zero-order chi connectivity index (χ0) is 15.5. The fraction of sp³-hybridized carbons (Fsp3) is 0.500. The maximum atomic E-state index is 12.3. The largest absolute Gasteiger partial charge is 0.366 e. The van der Waals surface area contributed by atoms with Crippen molar-refractivity contribution in [3.8, 4) is 0 Å². The normalized spacial score (nSPS) is 19.4. The summed E-state index contributed by atoms with van der Waals surface area (Å²) in [6.45, 7) is 2.99. The van der Waals surface area contributed by atoms with E-state index in [0.717, 1.165) is 25.8 Å². The lowest BCUT2D eigenvalue weighted by Gasteiger charge is -2.23. The van der Waals surface area contributed by atoms with Gasteiger partial charge in [-0.1, -0.05) is 12.5 Å². The van der Waals surface area contributed by atoms with Crippen molar-refractivity contribution in [2.24, 2.45) is 5.73 Å². The smallest absolute Gasteiger partial charge is 0.249 e. The molecule has 1 saturated heterocycles. The van der Waals surface area contributed by atoms with Crippen molar-refractivity contribution in [2.75, 3.05) is 13.1 Å². The maximum absolute atomic E-state index is 12.3. The molecule has 0 saturated carbocycles. The molecule has 0 radical (unpaired) electrons. The Morgan fingerprint density at radius 2 is 2.19 bits per heavy atom. The number of sulfonamides is 1. The molecule has 4 N–H and O–H groups in total. The molecule has 1 aromatic rings. The van der Waals surface area contributed by atoms with Crippen molar-refractivity contribution < 1.29 is 13.2 Å². The van der Waals surface area contributed by atoms with Crippen LogP contribution in [0.4, 0.5) is 0 Å². The molecular formula is C14H21N3O3S. The number of hydrogen-bond acceptors (Lipinski definition) is 4. The number of amides is 1. The minimum absolute atomic E-state index is 0.0673. The molecule has 21 heavy (non-hydrogen) atoms. The van der Waals surface area contributed by atoms with Crippen molar-refractivity contribution >= 4 is 15.9 Å². The van der Waals surface area contributed by atoms with Gasteiger partial charge in [0.25, 0.3) is 0 Å². The number of primary amides is 1. The molecule has 2 rings (SSSR count). The van der Waals surface area contributed by atoms with Crippen LogP contribution in [0.25, 0.3) is 0 Å². The summed E-state index contributed by atoms with van der Waals surface area (Å²) in [5.74, 6) is -0.626. The molecule has 1 atom stereocenters. The second kappa shape index (κ2) is 6.55. The molecule has 116 valence electrons. The quantitative estimate of drug-likeness (QED) is 0.737. The molecule has 7 heteroatoms. The Hall–Kier alpha value is -1.44. The molecule has 0 aromatic heterocycles. The van der Waals surface area contributed by atoms with Crippen LogP contribution in [0.2, 0.25) is 0 Å². The third kappa shape index (κ3) is 4.03. The standard InChI is InChI=1S/C14H21N3O3S/c1-10-5-6-12(8-13(10)14(15)18)21(19,20)17-9-11-4-2-3-7-16-11/h5-6,8,11,16-17H,2-4,7,9H2,1H3,(H2,15,18)/t11-/m1/s1. The van der Waals surface area contributed by atoms with E-state index in [2.05, 4.69) is 10.0 Å². The number of aryl methyl sites for hydroxylation is 1. The fourth-order valence-corrected chi connectivity index (χ4v) is 3.53. The Morgan fingerprint density at radius 1 is 1.43 bits per heavy atom. The molecule has 1 heterocycles. The summed E-state index contributed by atoms with van der Waals surface area (Å²) >= 11 is 0. The first kappa shape index (κ1) is 15.9. The highest BCUT2D eigenvalue weighted by molar-refractivity contribution is 7.89. The van der Waals surface area contributed by atoms with E-state index in [-0.39, 0.29) is 16.5 Å². The monoisotopic (exact) mass is 311 g/mol. The summed E-state index contributed by atoms with van der Waals surface area (Å²) in [6, 6.07) is 4.56. The van der Waals surface area contributed by atoms with E-state index in [1.165, 1.54) is 12.1 Å². The van der Waals surface area contributed by atoms with Crippen LogP contribution in [0.5, 0.6) is 0 Å². The van der Waals surface area contributed by atoms with Crippen molar-refractivity contribution in [1.82, 2.24) is 10.0 Å². The second-order valence-corrected chi connectivity index (χ2v) is 7.11. The predicted molar refractivity (Wildman–Crippen MR) is 80.5 cm³/mol. The van der Waals surface area contributed by atoms with Gasteiger partial charge < -0.3 is 11.1 Å². The Bertz CT molecular complexity index is 622. The van der Waals surface area contributed by atoms with E-state index in [4.69, 9.17) is 5.73 Å². The van der Waals surface area contributed by atoms with E-state index in [0.29, 0.717) is 12.1 Å². The number of hydrogen-bond donors (Lipinski definition) is 3. The van der Waals surface area contributed by atoms with Gasteiger partial charge in [-0.15, -0.1) is 0 Å². The maximum Gasteiger partial charge on any atom is 0.249 e. The third-order valence-electron chi connectivity index (χ3n) is 3.72. The molecule has 1 amide bonds. The highest BCUT2D eigenvalue weighted by Crippen LogP contribution is 2.15. The third-order valence-corrected chi connectivity index (χ3v) is 5.14. The van der Waals surface area contributed by atoms with Crippen molar-refractivity contribution in [2.45, 2.75) is 37.1 Å². The topological polar surface area (TPSA) is 101 Å². The Labute approximate surface area is 125 Å². The van der Waals surface area contributed by atoms with E-state index < -0.39 is 15.9 Å². The van der Waals surface area contributed by atoms with E-state index in [1.807, 2.05) is 0 Å². The summed E-state index contributed by atoms with van der Waals surface area (Å²) in [6.07, 6.45) is 3.20. The molecule has 1 aromatic carbocycles. The zero-order valence-electron chi connectivity index (χ0n) is 12.1. The Kier molecular flexibility index (Phi) is 4.97. The molecule has 1 aliphatic heterocycles. The lowest BCUT2D eigenvalue weighted by Crippen LogP contribution is -2.43. The van der Waals surface area contributed by atoms with Gasteiger partial charge in [0.2, 0.25) is 15.9 Å². The molecule has 0 aliphatic carbocycles. The van der Waals surface area contributed by atoms with Gasteiger partial charge in [-0.3, -0.25) is 4.79 Å². The van der Waals surface area contributed by atoms with E-state index >= 15 is 0 Å². The summed E-state index contributed by atoms with van der Waals surface area (Å²) in [7, 11) is -3.63. The van der Waals surface area contributed by atoms with Gasteiger partial charge in [-0.2, -0.15) is 0 Å². The number of nitrogens with two attached hydrogens (primary N) is 1. The van der Waals surface area contributed by atoms with Crippen LogP contribution in [0.15, 0.2) is 23.1 Å². The molecule has 1 aliphatic rings. The van der Waals surface area contributed by atoms with Gasteiger partial charge in [-0.05, 0) is 44.0 Å². The molecule has 0 bridgehead atoms. The molecule has 6 nitrogen and oxygen atoms in total. The van der Waals surface area contributed by atoms with Gasteiger partial charge in [0.05, 0.1) is 4.90 Å². The average Bonchev–Trinajstić information content (AvgIpc) is 2.46. The van der Waals surface area contributed by atoms with Gasteiger partial charge >= 0.3 is 0 Å². The number of piperidine rings is 1. The highest BCUT2D eigenvalue weighted by atomic mass is 32.2. The minimum atomic E-state index is -3.63. The zero-order valence-corrected chi connectivity index (χ0v) is 12.9. The fourth-order valence-electron chi connectivity index (χ4n) is 2.43. The molecule has 0 unspecified atom stereocenters. The van der Waals surface area contributed by atoms with Crippen LogP contribution in [0.3, 0.4) is 0 Å². The van der Waals surface area contributed by atoms with Crippen LogP contribution < -0.4 is 15.8 Å². The van der Waals surface area contributed by atoms with Crippen LogP contribution in [-0.2, 0) is 10.0 Å². The van der Waals surface area contributed by atoms with Crippen molar-refractivity contribution in [3.05, 3.63) is 29.3 Å². The van der Waals surface area contributed by atoms with Gasteiger partial charge in [0.15, 0.2) is 0 Å². The van der Waals surface area contributed by atoms with Crippen LogP contribution >= 0.6 is 0 Å². The first-order valence-corrected chi connectivity index (χ1v) is 8.52. The molecule has 0 spiro atoms. The predicted octanol–water partition coefficient (Wildman–Crippen LogP) is 0.514. The molecular weight excluding hydrogens is 290 g/mol. The number of carbonyl (C=O) groups is 1. The second-order valence-electron chi connectivity index (χ2n) is 5.34. The summed E-state index contributed by atoms with van der Waals surface area (Å²) in [5.41, 5.74) is 6.15. The summed E-state index contributed by atoms with van der Waals surface area (Å²) < 4.78 is 27.1. The summed E-state index contributed by atoms with van der Waals surface area (Å²) in [4.78, 5) is 11.4. The average molecular weight is 311 g/mol. The number of rotatable bonds is 5. The van der Waals surface area contributed by atoms with Gasteiger partial charge in [-0.25, -0.2) is 13.1 Å². The van der Waals surface area contributed by atoms with Crippen LogP contribution in [0.1, 0.15) is 35.2 Å². The first-order valence-electron chi connectivity index (χ1n) is 7.03. The van der Waals surface area contributed by atoms with Crippen molar-refractivity contribution in [3.63, 3.8) is 0 Å². The van der Waals surface area contributed by atoms with E-state index in [1.54, 1.807) is 13.0 Å². The minimum Gasteiger partial charge on any atom is -0.366 e. The van der Waals surface area contributed by atoms with Gasteiger partial charge in [0.1, 0.15) is 0 Å². The lowest BCUT2D eigenvalue weighted by atomic mass is 10.1. The number of carbonyl (C=O) groups excluding carboxylic acids is 1. The Morgan fingerprint density at radius 3 is 2.81 bits per heavy atom. The SMILES string of the molecule is Cc1ccc(S(=O)(=O)NC[C@H]2CCCCN2)cc1C(N)=O. The summed E-state index contributed by atoms with van der Waals surface area (Å²) in [5, 5.41) is 3.28. The Balaban J connectivity index is 2.11. The van der Waals surface area contributed by atoms with Gasteiger partial charge in [0, 0.05) is 18.2 Å². The number of benzene rings is 1. The van der Waals surface area contributed by atoms with E-state index in [9.17, 15) is 13.2 Å². The van der Waals surface area contributed by atoms with Crippen LogP contribution in [-0.4, -0.2) is 33.5 Å².